The van der Waals surface area contributed by atoms with Gasteiger partial charge in [-0.25, -0.2) is 4.39 Å². The molecule has 0 heterocycles. The third-order valence-electron chi connectivity index (χ3n) is 2.87. The molecule has 108 valence electrons. The average Bonchev–Trinajstić information content (AvgIpc) is 2.43. The molecule has 4 N–H and O–H groups in total. The van der Waals surface area contributed by atoms with Crippen molar-refractivity contribution in [3.05, 3.63) is 59.4 Å². The lowest BCUT2D eigenvalue weighted by Crippen LogP contribution is -2.16. The zero-order valence-corrected chi connectivity index (χ0v) is 11.8. The first kappa shape index (κ1) is 14.9. The van der Waals surface area contributed by atoms with Crippen LogP contribution in [0.25, 0.3) is 0 Å². The molecule has 0 aliphatic rings. The first-order valence-corrected chi connectivity index (χ1v) is 6.54. The van der Waals surface area contributed by atoms with Crippen LogP contribution in [0.3, 0.4) is 0 Å². The molecule has 0 saturated carbocycles. The first-order chi connectivity index (χ1) is 9.97. The minimum atomic E-state index is -0.620. The number of aromatic hydroxyl groups is 1. The Morgan fingerprint density at radius 3 is 2.62 bits per heavy atom. The third-order valence-corrected chi connectivity index (χ3v) is 3.11. The maximum Gasteiger partial charge on any atom is 0.229 e. The van der Waals surface area contributed by atoms with Gasteiger partial charge in [-0.15, -0.1) is 0 Å². The summed E-state index contributed by atoms with van der Waals surface area (Å²) < 4.78 is 13.8. The van der Waals surface area contributed by atoms with Crippen LogP contribution in [0.1, 0.15) is 11.1 Å². The number of phenolic OH excluding ortho intramolecular Hbond substituents is 1. The Kier molecular flexibility index (Phi) is 4.49. The van der Waals surface area contributed by atoms with Gasteiger partial charge in [0.05, 0.1) is 12.1 Å². The number of nitrogens with two attached hydrogens (primary N) is 1. The summed E-state index contributed by atoms with van der Waals surface area (Å²) in [6, 6.07) is 10.6. The molecule has 0 aliphatic carbocycles. The number of phenols is 1. The van der Waals surface area contributed by atoms with Gasteiger partial charge in [0.15, 0.2) is 0 Å². The second-order valence-corrected chi connectivity index (χ2v) is 4.85. The highest BCUT2D eigenvalue weighted by Crippen LogP contribution is 2.19. The first-order valence-electron chi connectivity index (χ1n) is 6.13. The summed E-state index contributed by atoms with van der Waals surface area (Å²) in [5.74, 6) is -1.03. The van der Waals surface area contributed by atoms with Crippen molar-refractivity contribution in [3.8, 4) is 5.75 Å². The fourth-order valence-electron chi connectivity index (χ4n) is 1.80. The molecule has 0 aromatic heterocycles. The number of carbonyl (C=O) groups excluding carboxylic acids is 1. The summed E-state index contributed by atoms with van der Waals surface area (Å²) >= 11 is 4.75. The predicted molar refractivity (Wildman–Crippen MR) is 82.7 cm³/mol. The maximum absolute atomic E-state index is 13.8. The fourth-order valence-corrected chi connectivity index (χ4v) is 1.92. The van der Waals surface area contributed by atoms with Gasteiger partial charge in [-0.3, -0.25) is 4.79 Å². The van der Waals surface area contributed by atoms with Gasteiger partial charge in [-0.05, 0) is 24.3 Å². The fraction of sp³-hybridized carbons (Fsp3) is 0.0667. The lowest BCUT2D eigenvalue weighted by molar-refractivity contribution is -0.115. The van der Waals surface area contributed by atoms with Gasteiger partial charge in [0.1, 0.15) is 16.6 Å². The molecule has 0 aliphatic heterocycles. The van der Waals surface area contributed by atoms with Crippen LogP contribution < -0.4 is 11.1 Å². The lowest BCUT2D eigenvalue weighted by atomic mass is 10.1. The van der Waals surface area contributed by atoms with Gasteiger partial charge in [0.2, 0.25) is 5.91 Å². The van der Waals surface area contributed by atoms with Gasteiger partial charge in [0.25, 0.3) is 0 Å². The average molecular weight is 304 g/mol. The quantitative estimate of drug-likeness (QED) is 0.758. The number of anilines is 1. The SMILES string of the molecule is NC(=S)c1ccc(NC(=O)Cc2ccccc2O)c(F)c1. The van der Waals surface area contributed by atoms with E-state index in [1.807, 2.05) is 0 Å². The standard InChI is InChI=1S/C15H13FN2O2S/c16-11-7-10(15(17)21)5-6-12(11)18-14(20)8-9-3-1-2-4-13(9)19/h1-7,19H,8H2,(H2,17,21)(H,18,20). The summed E-state index contributed by atoms with van der Waals surface area (Å²) in [6.07, 6.45) is -0.0524. The molecule has 0 unspecified atom stereocenters. The van der Waals surface area contributed by atoms with Crippen LogP contribution in [0.2, 0.25) is 0 Å². The number of carbonyl (C=O) groups is 1. The molecule has 21 heavy (non-hydrogen) atoms. The number of nitrogens with one attached hydrogen (secondary N) is 1. The van der Waals surface area contributed by atoms with E-state index >= 15 is 0 Å². The van der Waals surface area contributed by atoms with E-state index < -0.39 is 11.7 Å². The zero-order chi connectivity index (χ0) is 15.4. The number of rotatable bonds is 4. The molecule has 0 atom stereocenters. The van der Waals surface area contributed by atoms with E-state index in [0.717, 1.165) is 6.07 Å². The Morgan fingerprint density at radius 1 is 1.29 bits per heavy atom. The van der Waals surface area contributed by atoms with Crippen LogP contribution in [0.4, 0.5) is 10.1 Å². The third kappa shape index (κ3) is 3.76. The van der Waals surface area contributed by atoms with Gasteiger partial charge in [0, 0.05) is 11.1 Å². The van der Waals surface area contributed by atoms with Gasteiger partial charge >= 0.3 is 0 Å². The van der Waals surface area contributed by atoms with Crippen LogP contribution in [-0.2, 0) is 11.2 Å². The molecule has 2 rings (SSSR count). The number of amides is 1. The van der Waals surface area contributed by atoms with E-state index in [1.165, 1.54) is 18.2 Å². The molecule has 0 fully saturated rings. The van der Waals surface area contributed by atoms with Crippen molar-refractivity contribution in [3.63, 3.8) is 0 Å². The summed E-state index contributed by atoms with van der Waals surface area (Å²) in [5.41, 5.74) is 6.30. The summed E-state index contributed by atoms with van der Waals surface area (Å²) in [5, 5.41) is 12.0. The van der Waals surface area contributed by atoms with Crippen molar-refractivity contribution in [1.82, 2.24) is 0 Å². The summed E-state index contributed by atoms with van der Waals surface area (Å²) in [6.45, 7) is 0. The van der Waals surface area contributed by atoms with Crippen molar-refractivity contribution in [2.75, 3.05) is 5.32 Å². The van der Waals surface area contributed by atoms with Crippen molar-refractivity contribution in [2.24, 2.45) is 5.73 Å². The smallest absolute Gasteiger partial charge is 0.229 e. The Bertz CT molecular complexity index is 704. The maximum atomic E-state index is 13.8. The molecule has 0 saturated heterocycles. The molecular formula is C15H13FN2O2S. The Balaban J connectivity index is 2.10. The molecular weight excluding hydrogens is 291 g/mol. The minimum absolute atomic E-state index is 0.0250. The lowest BCUT2D eigenvalue weighted by Gasteiger charge is -2.08. The molecule has 4 nitrogen and oxygen atoms in total. The topological polar surface area (TPSA) is 75.3 Å². The number of thiocarbonyl (C=S) groups is 1. The summed E-state index contributed by atoms with van der Waals surface area (Å²) in [4.78, 5) is 11.9. The van der Waals surface area contributed by atoms with E-state index in [0.29, 0.717) is 11.1 Å². The molecule has 2 aromatic rings. The van der Waals surface area contributed by atoms with Gasteiger partial charge in [-0.2, -0.15) is 0 Å². The molecule has 0 bridgehead atoms. The van der Waals surface area contributed by atoms with E-state index in [4.69, 9.17) is 18.0 Å². The van der Waals surface area contributed by atoms with Crippen LogP contribution >= 0.6 is 12.2 Å². The van der Waals surface area contributed by atoms with Crippen molar-refractivity contribution >= 4 is 28.8 Å². The van der Waals surface area contributed by atoms with Crippen LogP contribution in [0.5, 0.6) is 5.75 Å². The van der Waals surface area contributed by atoms with E-state index in [1.54, 1.807) is 18.2 Å². The Hall–Kier alpha value is -2.47. The molecule has 0 spiro atoms. The Labute approximate surface area is 126 Å². The zero-order valence-electron chi connectivity index (χ0n) is 11.0. The molecule has 0 radical (unpaired) electrons. The number of hydrogen-bond acceptors (Lipinski definition) is 3. The highest BCUT2D eigenvalue weighted by Gasteiger charge is 2.11. The predicted octanol–water partition coefficient (Wildman–Crippen LogP) is 2.35. The van der Waals surface area contributed by atoms with Crippen molar-refractivity contribution < 1.29 is 14.3 Å². The van der Waals surface area contributed by atoms with Crippen LogP contribution in [-0.4, -0.2) is 16.0 Å². The number of halogens is 1. The minimum Gasteiger partial charge on any atom is -0.508 e. The molecule has 1 amide bonds. The molecule has 6 heteroatoms. The largest absolute Gasteiger partial charge is 0.508 e. The summed E-state index contributed by atoms with van der Waals surface area (Å²) in [7, 11) is 0. The van der Waals surface area contributed by atoms with Crippen LogP contribution in [0, 0.1) is 5.82 Å². The monoisotopic (exact) mass is 304 g/mol. The number of para-hydroxylation sites is 1. The van der Waals surface area contributed by atoms with Gasteiger partial charge in [-0.1, -0.05) is 30.4 Å². The van der Waals surface area contributed by atoms with Gasteiger partial charge < -0.3 is 16.2 Å². The van der Waals surface area contributed by atoms with Crippen molar-refractivity contribution in [1.29, 1.82) is 0 Å². The van der Waals surface area contributed by atoms with E-state index in [9.17, 15) is 14.3 Å². The normalized spacial score (nSPS) is 10.1. The number of hydrogen-bond donors (Lipinski definition) is 3. The number of benzene rings is 2. The Morgan fingerprint density at radius 2 is 2.00 bits per heavy atom. The van der Waals surface area contributed by atoms with Crippen LogP contribution in [0.15, 0.2) is 42.5 Å². The van der Waals surface area contributed by atoms with E-state index in [-0.39, 0.29) is 22.8 Å². The van der Waals surface area contributed by atoms with Crippen molar-refractivity contribution in [2.45, 2.75) is 6.42 Å². The second kappa shape index (κ2) is 6.32. The highest BCUT2D eigenvalue weighted by atomic mass is 32.1. The second-order valence-electron chi connectivity index (χ2n) is 4.41. The highest BCUT2D eigenvalue weighted by molar-refractivity contribution is 7.80. The van der Waals surface area contributed by atoms with E-state index in [2.05, 4.69) is 5.32 Å². The molecule has 2 aromatic carbocycles.